The minimum atomic E-state index is -0.140. The molecule has 0 bridgehead atoms. The van der Waals surface area contributed by atoms with Crippen molar-refractivity contribution in [3.8, 4) is 5.75 Å². The van der Waals surface area contributed by atoms with E-state index in [1.165, 1.54) is 0 Å². The lowest BCUT2D eigenvalue weighted by atomic mass is 10.0. The Kier molecular flexibility index (Phi) is 5.59. The molecule has 0 unspecified atom stereocenters. The van der Waals surface area contributed by atoms with Crippen LogP contribution in [0, 0.1) is 0 Å². The molecule has 0 saturated heterocycles. The van der Waals surface area contributed by atoms with Crippen LogP contribution in [-0.2, 0) is 11.2 Å². The van der Waals surface area contributed by atoms with Crippen LogP contribution in [0.1, 0.15) is 37.8 Å². The number of benzene rings is 2. The zero-order chi connectivity index (χ0) is 15.9. The Labute approximate surface area is 132 Å². The van der Waals surface area contributed by atoms with Crippen molar-refractivity contribution >= 4 is 11.6 Å². The molecule has 1 N–H and O–H groups in total. The van der Waals surface area contributed by atoms with Gasteiger partial charge in [-0.3, -0.25) is 4.79 Å². The summed E-state index contributed by atoms with van der Waals surface area (Å²) in [5, 5.41) is 2.94. The zero-order valence-electron chi connectivity index (χ0n) is 13.4. The van der Waals surface area contributed by atoms with E-state index in [9.17, 15) is 4.79 Å². The van der Waals surface area contributed by atoms with Crippen molar-refractivity contribution < 1.29 is 9.53 Å². The Morgan fingerprint density at radius 1 is 1.09 bits per heavy atom. The topological polar surface area (TPSA) is 38.3 Å². The first kappa shape index (κ1) is 16.1. The van der Waals surface area contributed by atoms with E-state index in [0.717, 1.165) is 29.0 Å². The number of carbonyl (C=O) groups excluding carboxylic acids is 1. The summed E-state index contributed by atoms with van der Waals surface area (Å²) in [4.78, 5) is 12.1. The highest BCUT2D eigenvalue weighted by Gasteiger charge is 2.10. The normalized spacial score (nSPS) is 10.5. The first-order chi connectivity index (χ1) is 10.6. The van der Waals surface area contributed by atoms with Gasteiger partial charge in [0, 0.05) is 5.69 Å². The molecule has 3 nitrogen and oxygen atoms in total. The predicted molar refractivity (Wildman–Crippen MR) is 90.5 cm³/mol. The molecule has 2 aromatic carbocycles. The van der Waals surface area contributed by atoms with Crippen LogP contribution < -0.4 is 10.1 Å². The highest BCUT2D eigenvalue weighted by atomic mass is 16.5. The van der Waals surface area contributed by atoms with Gasteiger partial charge in [0.15, 0.2) is 6.61 Å². The van der Waals surface area contributed by atoms with Crippen LogP contribution in [0.15, 0.2) is 48.5 Å². The molecule has 0 spiro atoms. The summed E-state index contributed by atoms with van der Waals surface area (Å²) < 4.78 is 5.65. The highest BCUT2D eigenvalue weighted by molar-refractivity contribution is 5.92. The third kappa shape index (κ3) is 4.10. The molecule has 2 rings (SSSR count). The number of ether oxygens (including phenoxy) is 1. The van der Waals surface area contributed by atoms with Crippen LogP contribution in [0.5, 0.6) is 5.75 Å². The fourth-order valence-electron chi connectivity index (χ4n) is 2.38. The average molecular weight is 297 g/mol. The van der Waals surface area contributed by atoms with Crippen molar-refractivity contribution in [2.45, 2.75) is 33.1 Å². The van der Waals surface area contributed by atoms with Crippen LogP contribution in [0.2, 0.25) is 0 Å². The smallest absolute Gasteiger partial charge is 0.262 e. The van der Waals surface area contributed by atoms with Crippen molar-refractivity contribution in [2.24, 2.45) is 0 Å². The highest BCUT2D eigenvalue weighted by Crippen LogP contribution is 2.23. The summed E-state index contributed by atoms with van der Waals surface area (Å²) in [7, 11) is 0. The average Bonchev–Trinajstić information content (AvgIpc) is 2.53. The van der Waals surface area contributed by atoms with Crippen molar-refractivity contribution in [1.29, 1.82) is 0 Å². The Balaban J connectivity index is 1.99. The number of amides is 1. The molecule has 0 radical (unpaired) electrons. The van der Waals surface area contributed by atoms with E-state index < -0.39 is 0 Å². The van der Waals surface area contributed by atoms with Crippen molar-refractivity contribution in [2.75, 3.05) is 11.9 Å². The minimum absolute atomic E-state index is 0.0173. The minimum Gasteiger partial charge on any atom is -0.483 e. The number of nitrogens with one attached hydrogen (secondary N) is 1. The monoisotopic (exact) mass is 297 g/mol. The summed E-state index contributed by atoms with van der Waals surface area (Å²) >= 11 is 0. The number of carbonyl (C=O) groups is 1. The van der Waals surface area contributed by atoms with Gasteiger partial charge in [0.2, 0.25) is 0 Å². The van der Waals surface area contributed by atoms with Crippen LogP contribution in [-0.4, -0.2) is 12.5 Å². The van der Waals surface area contributed by atoms with Gasteiger partial charge in [-0.05, 0) is 35.6 Å². The van der Waals surface area contributed by atoms with Gasteiger partial charge in [0.25, 0.3) is 5.91 Å². The van der Waals surface area contributed by atoms with Gasteiger partial charge in [-0.25, -0.2) is 0 Å². The molecule has 116 valence electrons. The molecule has 2 aromatic rings. The number of hydrogen-bond donors (Lipinski definition) is 1. The Bertz CT molecular complexity index is 635. The number of para-hydroxylation sites is 2. The third-order valence-corrected chi connectivity index (χ3v) is 3.57. The molecule has 0 saturated carbocycles. The van der Waals surface area contributed by atoms with Crippen LogP contribution in [0.25, 0.3) is 0 Å². The van der Waals surface area contributed by atoms with Gasteiger partial charge >= 0.3 is 0 Å². The fraction of sp³-hybridized carbons (Fsp3) is 0.316. The van der Waals surface area contributed by atoms with Gasteiger partial charge in [-0.1, -0.05) is 57.2 Å². The van der Waals surface area contributed by atoms with Crippen molar-refractivity contribution in [3.05, 3.63) is 59.7 Å². The second-order valence-electron chi connectivity index (χ2n) is 5.54. The molecule has 0 fully saturated rings. The van der Waals surface area contributed by atoms with E-state index in [-0.39, 0.29) is 12.5 Å². The molecule has 0 aliphatic carbocycles. The van der Waals surface area contributed by atoms with Gasteiger partial charge < -0.3 is 10.1 Å². The van der Waals surface area contributed by atoms with E-state index in [2.05, 4.69) is 26.1 Å². The Morgan fingerprint density at radius 3 is 2.50 bits per heavy atom. The SMILES string of the molecule is CCc1ccccc1OCC(=O)Nc1ccccc1C(C)C. The third-order valence-electron chi connectivity index (χ3n) is 3.57. The molecule has 1 amide bonds. The maximum Gasteiger partial charge on any atom is 0.262 e. The number of anilines is 1. The lowest BCUT2D eigenvalue weighted by molar-refractivity contribution is -0.118. The van der Waals surface area contributed by atoms with Crippen molar-refractivity contribution in [1.82, 2.24) is 0 Å². The molecule has 0 atom stereocenters. The summed E-state index contributed by atoms with van der Waals surface area (Å²) in [5.41, 5.74) is 3.09. The first-order valence-electron chi connectivity index (χ1n) is 7.71. The molecular weight excluding hydrogens is 274 g/mol. The summed E-state index contributed by atoms with van der Waals surface area (Å²) in [6, 6.07) is 15.7. The lowest BCUT2D eigenvalue weighted by Crippen LogP contribution is -2.21. The second kappa shape index (κ2) is 7.64. The Hall–Kier alpha value is -2.29. The Morgan fingerprint density at radius 2 is 1.77 bits per heavy atom. The van der Waals surface area contributed by atoms with E-state index in [4.69, 9.17) is 4.74 Å². The molecule has 3 heteroatoms. The van der Waals surface area contributed by atoms with E-state index in [0.29, 0.717) is 5.92 Å². The lowest BCUT2D eigenvalue weighted by Gasteiger charge is -2.14. The maximum atomic E-state index is 12.1. The number of aryl methyl sites for hydroxylation is 1. The molecule has 0 aliphatic heterocycles. The van der Waals surface area contributed by atoms with Crippen molar-refractivity contribution in [3.63, 3.8) is 0 Å². The second-order valence-corrected chi connectivity index (χ2v) is 5.54. The molecule has 0 heterocycles. The van der Waals surface area contributed by atoms with E-state index in [1.807, 2.05) is 48.5 Å². The van der Waals surface area contributed by atoms with Crippen LogP contribution >= 0.6 is 0 Å². The van der Waals surface area contributed by atoms with E-state index in [1.54, 1.807) is 0 Å². The summed E-state index contributed by atoms with van der Waals surface area (Å²) in [5.74, 6) is 0.995. The summed E-state index contributed by atoms with van der Waals surface area (Å²) in [6.45, 7) is 6.31. The number of hydrogen-bond acceptors (Lipinski definition) is 2. The summed E-state index contributed by atoms with van der Waals surface area (Å²) in [6.07, 6.45) is 0.883. The molecular formula is C19H23NO2. The first-order valence-corrected chi connectivity index (χ1v) is 7.71. The fourth-order valence-corrected chi connectivity index (χ4v) is 2.38. The van der Waals surface area contributed by atoms with Gasteiger partial charge in [-0.15, -0.1) is 0 Å². The number of rotatable bonds is 6. The largest absolute Gasteiger partial charge is 0.483 e. The molecule has 22 heavy (non-hydrogen) atoms. The van der Waals surface area contributed by atoms with Gasteiger partial charge in [0.1, 0.15) is 5.75 Å². The van der Waals surface area contributed by atoms with Gasteiger partial charge in [-0.2, -0.15) is 0 Å². The zero-order valence-corrected chi connectivity index (χ0v) is 13.4. The predicted octanol–water partition coefficient (Wildman–Crippen LogP) is 4.39. The van der Waals surface area contributed by atoms with Crippen LogP contribution in [0.4, 0.5) is 5.69 Å². The standard InChI is InChI=1S/C19H23NO2/c1-4-15-9-5-8-12-18(15)22-13-19(21)20-17-11-7-6-10-16(17)14(2)3/h5-12,14H,4,13H2,1-3H3,(H,20,21). The quantitative estimate of drug-likeness (QED) is 0.858. The molecule has 0 aromatic heterocycles. The molecule has 0 aliphatic rings. The van der Waals surface area contributed by atoms with Gasteiger partial charge in [0.05, 0.1) is 0 Å². The van der Waals surface area contributed by atoms with E-state index >= 15 is 0 Å². The van der Waals surface area contributed by atoms with Crippen LogP contribution in [0.3, 0.4) is 0 Å². The maximum absolute atomic E-state index is 12.1.